The van der Waals surface area contributed by atoms with E-state index < -0.39 is 12.0 Å². The van der Waals surface area contributed by atoms with Gasteiger partial charge in [-0.05, 0) is 12.5 Å². The quantitative estimate of drug-likeness (QED) is 0.715. The van der Waals surface area contributed by atoms with Gasteiger partial charge in [0.25, 0.3) is 5.91 Å². The summed E-state index contributed by atoms with van der Waals surface area (Å²) < 4.78 is 4.76. The lowest BCUT2D eigenvalue weighted by atomic mass is 10.2. The first-order valence-electron chi connectivity index (χ1n) is 5.07. The minimum absolute atomic E-state index is 0.145. The summed E-state index contributed by atoms with van der Waals surface area (Å²) in [5, 5.41) is 11.3. The molecule has 0 aliphatic rings. The average molecular weight is 258 g/mol. The molecule has 0 spiro atoms. The molecule has 0 radical (unpaired) electrons. The fourth-order valence-electron chi connectivity index (χ4n) is 1.19. The van der Waals surface area contributed by atoms with Crippen LogP contribution in [0.25, 0.3) is 0 Å². The second kappa shape index (κ2) is 6.21. The summed E-state index contributed by atoms with van der Waals surface area (Å²) in [7, 11) is 0. The van der Waals surface area contributed by atoms with Gasteiger partial charge in [-0.3, -0.25) is 4.79 Å². The monoisotopic (exact) mass is 258 g/mol. The average Bonchev–Trinajstić information content (AvgIpc) is 2.68. The zero-order valence-corrected chi connectivity index (χ0v) is 10.2. The molecule has 2 amide bonds. The van der Waals surface area contributed by atoms with Gasteiger partial charge in [-0.15, -0.1) is 11.3 Å². The van der Waals surface area contributed by atoms with E-state index in [1.165, 1.54) is 11.3 Å². The number of hydrogen-bond donors (Lipinski definition) is 3. The summed E-state index contributed by atoms with van der Waals surface area (Å²) in [6.07, 6.45) is -0.224. The number of thiophene rings is 1. The minimum atomic E-state index is -0.953. The van der Waals surface area contributed by atoms with E-state index in [4.69, 9.17) is 15.6 Å². The van der Waals surface area contributed by atoms with Crippen LogP contribution >= 0.6 is 11.3 Å². The molecule has 0 unspecified atom stereocenters. The lowest BCUT2D eigenvalue weighted by molar-refractivity contribution is 0.0943. The molecule has 1 aromatic heterocycles. The van der Waals surface area contributed by atoms with Crippen LogP contribution in [0.4, 0.5) is 4.79 Å². The number of hydrogen-bond acceptors (Lipinski definition) is 5. The number of aryl methyl sites for hydroxylation is 1. The summed E-state index contributed by atoms with van der Waals surface area (Å²) in [6.45, 7) is 1.92. The number of ether oxygens (including phenoxy) is 1. The van der Waals surface area contributed by atoms with Crippen molar-refractivity contribution in [3.8, 4) is 5.06 Å². The normalized spacial score (nSPS) is 10.0. The van der Waals surface area contributed by atoms with Crippen LogP contribution in [0, 0.1) is 0 Å². The number of aliphatic hydroxyl groups excluding tert-OH is 1. The molecule has 6 nitrogen and oxygen atoms in total. The van der Waals surface area contributed by atoms with Crippen LogP contribution < -0.4 is 15.8 Å². The Labute approximate surface area is 102 Å². The molecule has 0 saturated heterocycles. The van der Waals surface area contributed by atoms with Crippen LogP contribution in [0.5, 0.6) is 5.06 Å². The standard InChI is InChI=1S/C10H14N2O4S/c1-2-6-5-7(8(14)12-3-4-13)9(17-6)16-10(11)15/h5,13H,2-4H2,1H3,(H2,11,15)(H,12,14). The summed E-state index contributed by atoms with van der Waals surface area (Å²) in [6, 6.07) is 1.65. The van der Waals surface area contributed by atoms with Crippen molar-refractivity contribution in [3.05, 3.63) is 16.5 Å². The largest absolute Gasteiger partial charge is 0.410 e. The lowest BCUT2D eigenvalue weighted by Crippen LogP contribution is -2.27. The fraction of sp³-hybridized carbons (Fsp3) is 0.400. The number of amides is 2. The molecule has 0 bridgehead atoms. The van der Waals surface area contributed by atoms with E-state index in [0.717, 1.165) is 11.3 Å². The molecule has 0 aromatic carbocycles. The minimum Gasteiger partial charge on any atom is -0.398 e. The maximum atomic E-state index is 11.7. The molecule has 0 saturated carbocycles. The van der Waals surface area contributed by atoms with Gasteiger partial charge in [-0.2, -0.15) is 0 Å². The van der Waals surface area contributed by atoms with Crippen molar-refractivity contribution in [1.82, 2.24) is 5.32 Å². The van der Waals surface area contributed by atoms with E-state index in [1.807, 2.05) is 6.92 Å². The van der Waals surface area contributed by atoms with Crippen LogP contribution in [0.15, 0.2) is 6.07 Å². The molecule has 7 heteroatoms. The SMILES string of the molecule is CCc1cc(C(=O)NCCO)c(OC(N)=O)s1. The first-order valence-corrected chi connectivity index (χ1v) is 5.89. The van der Waals surface area contributed by atoms with Crippen LogP contribution in [-0.2, 0) is 6.42 Å². The van der Waals surface area contributed by atoms with Gasteiger partial charge in [0.05, 0.1) is 12.2 Å². The van der Waals surface area contributed by atoms with Crippen molar-refractivity contribution in [2.75, 3.05) is 13.2 Å². The number of carbonyl (C=O) groups excluding carboxylic acids is 2. The van der Waals surface area contributed by atoms with E-state index in [-0.39, 0.29) is 23.8 Å². The van der Waals surface area contributed by atoms with Crippen molar-refractivity contribution in [2.45, 2.75) is 13.3 Å². The van der Waals surface area contributed by atoms with E-state index in [0.29, 0.717) is 0 Å². The Morgan fingerprint density at radius 3 is 2.82 bits per heavy atom. The van der Waals surface area contributed by atoms with Gasteiger partial charge in [0, 0.05) is 11.4 Å². The molecule has 1 aromatic rings. The molecule has 0 aliphatic carbocycles. The summed E-state index contributed by atoms with van der Waals surface area (Å²) in [5.41, 5.74) is 5.18. The molecular formula is C10H14N2O4S. The highest BCUT2D eigenvalue weighted by Gasteiger charge is 2.18. The van der Waals surface area contributed by atoms with Gasteiger partial charge >= 0.3 is 6.09 Å². The number of carbonyl (C=O) groups is 2. The van der Waals surface area contributed by atoms with Gasteiger partial charge in [0.15, 0.2) is 5.06 Å². The van der Waals surface area contributed by atoms with Crippen molar-refractivity contribution in [1.29, 1.82) is 0 Å². The molecule has 4 N–H and O–H groups in total. The number of rotatable bonds is 5. The summed E-state index contributed by atoms with van der Waals surface area (Å²) in [4.78, 5) is 23.3. The Morgan fingerprint density at radius 1 is 1.59 bits per heavy atom. The third-order valence-electron chi connectivity index (χ3n) is 1.93. The maximum absolute atomic E-state index is 11.7. The Balaban J connectivity index is 2.90. The van der Waals surface area contributed by atoms with Gasteiger partial charge in [0.2, 0.25) is 0 Å². The van der Waals surface area contributed by atoms with Gasteiger partial charge in [-0.25, -0.2) is 4.79 Å². The molecule has 0 fully saturated rings. The Bertz CT molecular complexity index is 416. The van der Waals surface area contributed by atoms with Crippen molar-refractivity contribution >= 4 is 23.3 Å². The first kappa shape index (κ1) is 13.5. The smallest absolute Gasteiger partial charge is 0.398 e. The maximum Gasteiger partial charge on any atom is 0.410 e. The molecule has 94 valence electrons. The number of primary amides is 1. The third kappa shape index (κ3) is 3.72. The Kier molecular flexibility index (Phi) is 4.92. The highest BCUT2D eigenvalue weighted by Crippen LogP contribution is 2.30. The molecule has 1 rings (SSSR count). The molecular weight excluding hydrogens is 244 g/mol. The summed E-state index contributed by atoms with van der Waals surface area (Å²) in [5.74, 6) is -0.397. The second-order valence-electron chi connectivity index (χ2n) is 3.17. The van der Waals surface area contributed by atoms with Crippen molar-refractivity contribution < 1.29 is 19.4 Å². The van der Waals surface area contributed by atoms with Crippen molar-refractivity contribution in [2.24, 2.45) is 5.73 Å². The molecule has 0 atom stereocenters. The fourth-order valence-corrected chi connectivity index (χ4v) is 2.13. The highest BCUT2D eigenvalue weighted by molar-refractivity contribution is 7.14. The summed E-state index contributed by atoms with van der Waals surface area (Å²) >= 11 is 1.20. The predicted octanol–water partition coefficient (Wildman–Crippen LogP) is 0.490. The topological polar surface area (TPSA) is 102 Å². The first-order chi connectivity index (χ1) is 8.08. The number of aliphatic hydroxyl groups is 1. The zero-order chi connectivity index (χ0) is 12.8. The number of nitrogens with two attached hydrogens (primary N) is 1. The van der Waals surface area contributed by atoms with Gasteiger partial charge in [0.1, 0.15) is 0 Å². The Hall–Kier alpha value is -1.60. The van der Waals surface area contributed by atoms with Crippen LogP contribution in [0.3, 0.4) is 0 Å². The Morgan fingerprint density at radius 2 is 2.29 bits per heavy atom. The van der Waals surface area contributed by atoms with E-state index in [2.05, 4.69) is 5.32 Å². The predicted molar refractivity (Wildman–Crippen MR) is 63.3 cm³/mol. The van der Waals surface area contributed by atoms with Crippen LogP contribution in [0.2, 0.25) is 0 Å². The van der Waals surface area contributed by atoms with Gasteiger partial charge in [-0.1, -0.05) is 6.92 Å². The third-order valence-corrected chi connectivity index (χ3v) is 3.09. The highest BCUT2D eigenvalue weighted by atomic mass is 32.1. The lowest BCUT2D eigenvalue weighted by Gasteiger charge is -2.03. The van der Waals surface area contributed by atoms with E-state index >= 15 is 0 Å². The molecule has 17 heavy (non-hydrogen) atoms. The van der Waals surface area contributed by atoms with Crippen molar-refractivity contribution in [3.63, 3.8) is 0 Å². The zero-order valence-electron chi connectivity index (χ0n) is 9.36. The van der Waals surface area contributed by atoms with E-state index in [1.54, 1.807) is 6.07 Å². The van der Waals surface area contributed by atoms with Gasteiger partial charge < -0.3 is 20.9 Å². The van der Waals surface area contributed by atoms with Crippen LogP contribution in [0.1, 0.15) is 22.2 Å². The molecule has 1 heterocycles. The molecule has 0 aliphatic heterocycles. The van der Waals surface area contributed by atoms with Crippen LogP contribution in [-0.4, -0.2) is 30.3 Å². The number of nitrogens with one attached hydrogen (secondary N) is 1. The second-order valence-corrected chi connectivity index (χ2v) is 4.27. The van der Waals surface area contributed by atoms with E-state index in [9.17, 15) is 9.59 Å².